The van der Waals surface area contributed by atoms with Crippen LogP contribution in [-0.4, -0.2) is 15.1 Å². The van der Waals surface area contributed by atoms with E-state index in [1.54, 1.807) is 12.3 Å². The van der Waals surface area contributed by atoms with E-state index in [2.05, 4.69) is 52.3 Å². The van der Waals surface area contributed by atoms with E-state index < -0.39 is 0 Å². The molecule has 0 amide bonds. The molecule has 0 bridgehead atoms. The smallest absolute Gasteiger partial charge is 0.140 e. The molecule has 0 fully saturated rings. The summed E-state index contributed by atoms with van der Waals surface area (Å²) in [6.45, 7) is 0. The fourth-order valence-corrected chi connectivity index (χ4v) is 4.93. The van der Waals surface area contributed by atoms with Gasteiger partial charge in [0.25, 0.3) is 0 Å². The Labute approximate surface area is 234 Å². The Bertz CT molecular complexity index is 1760. The van der Waals surface area contributed by atoms with Gasteiger partial charge in [0.15, 0.2) is 0 Å². The van der Waals surface area contributed by atoms with Gasteiger partial charge in [-0.1, -0.05) is 60.7 Å². The molecule has 2 aromatic heterocycles. The van der Waals surface area contributed by atoms with Gasteiger partial charge in [-0.2, -0.15) is 0 Å². The zero-order chi connectivity index (χ0) is 24.8. The van der Waals surface area contributed by atoms with E-state index in [0.717, 1.165) is 50.9 Å². The summed E-state index contributed by atoms with van der Waals surface area (Å²) < 4.78 is 0. The molecule has 7 rings (SSSR count). The van der Waals surface area contributed by atoms with Crippen molar-refractivity contribution in [2.75, 3.05) is 9.80 Å². The zero-order valence-corrected chi connectivity index (χ0v) is 22.4. The minimum absolute atomic E-state index is 0. The number of para-hydroxylation sites is 4. The topological polar surface area (TPSA) is 52.5 Å². The van der Waals surface area contributed by atoms with Gasteiger partial charge in [0, 0.05) is 38.3 Å². The van der Waals surface area contributed by atoms with Gasteiger partial charge in [-0.15, -0.1) is 23.8 Å². The van der Waals surface area contributed by atoms with Crippen molar-refractivity contribution in [2.45, 2.75) is 0 Å². The number of aromatic nitrogens is 2. The first kappa shape index (κ1) is 23.9. The minimum atomic E-state index is 0. The van der Waals surface area contributed by atoms with Crippen molar-refractivity contribution in [1.82, 2.24) is 9.97 Å². The summed E-state index contributed by atoms with van der Waals surface area (Å²) in [5.74, 6) is 0.970. The molecule has 6 heteroatoms. The van der Waals surface area contributed by atoms with Gasteiger partial charge in [-0.3, -0.25) is 4.98 Å². The van der Waals surface area contributed by atoms with Crippen LogP contribution in [0.4, 0.5) is 34.3 Å². The molecule has 1 aliphatic heterocycles. The van der Waals surface area contributed by atoms with Crippen molar-refractivity contribution >= 4 is 45.2 Å². The molecule has 4 aromatic carbocycles. The average Bonchev–Trinajstić information content (AvgIpc) is 2.96. The number of benzene rings is 4. The second-order valence-electron chi connectivity index (χ2n) is 8.83. The van der Waals surface area contributed by atoms with Crippen LogP contribution in [0.25, 0.3) is 22.2 Å². The molecule has 3 heterocycles. The van der Waals surface area contributed by atoms with E-state index in [1.165, 1.54) is 0 Å². The predicted molar refractivity (Wildman–Crippen MR) is 148 cm³/mol. The predicted octanol–water partition coefficient (Wildman–Crippen LogP) is 8.05. The van der Waals surface area contributed by atoms with E-state index in [0.29, 0.717) is 5.52 Å². The third-order valence-corrected chi connectivity index (χ3v) is 6.60. The summed E-state index contributed by atoms with van der Waals surface area (Å²) in [5, 5.41) is 11.3. The van der Waals surface area contributed by atoms with E-state index in [4.69, 9.17) is 9.97 Å². The van der Waals surface area contributed by atoms with Gasteiger partial charge in [0.1, 0.15) is 17.1 Å². The van der Waals surface area contributed by atoms with Crippen LogP contribution >= 0.6 is 0 Å². The van der Waals surface area contributed by atoms with Crippen molar-refractivity contribution in [2.24, 2.45) is 0 Å². The molecule has 186 valence electrons. The first-order valence-corrected chi connectivity index (χ1v) is 12.1. The second-order valence-corrected chi connectivity index (χ2v) is 8.83. The Balaban J connectivity index is 0.00000264. The molecule has 6 aromatic rings. The van der Waals surface area contributed by atoms with Crippen molar-refractivity contribution in [1.29, 1.82) is 0 Å². The molecule has 0 aliphatic carbocycles. The molecule has 0 saturated carbocycles. The third-order valence-electron chi connectivity index (χ3n) is 6.60. The van der Waals surface area contributed by atoms with Gasteiger partial charge in [-0.25, -0.2) is 4.98 Å². The van der Waals surface area contributed by atoms with Crippen molar-refractivity contribution in [3.8, 4) is 17.0 Å². The quantitative estimate of drug-likeness (QED) is 0.193. The number of pyridine rings is 2. The van der Waals surface area contributed by atoms with Crippen molar-refractivity contribution < 1.29 is 26.2 Å². The van der Waals surface area contributed by atoms with E-state index >= 15 is 0 Å². The molecule has 0 atom stereocenters. The minimum Gasteiger partial charge on any atom is -0.506 e. The number of phenols is 1. The number of hydrogen-bond donors (Lipinski definition) is 1. The Hall–Kier alpha value is -4.47. The Morgan fingerprint density at radius 2 is 1.39 bits per heavy atom. The number of hydrogen-bond acceptors (Lipinski definition) is 5. The number of fused-ring (bicyclic) bond motifs is 3. The molecule has 0 saturated heterocycles. The molecule has 1 aliphatic rings. The maximum Gasteiger partial charge on any atom is 0.140 e. The van der Waals surface area contributed by atoms with Gasteiger partial charge in [0.2, 0.25) is 0 Å². The maximum atomic E-state index is 10.4. The fraction of sp³-hybridized carbons (Fsp3) is 0. The van der Waals surface area contributed by atoms with Crippen LogP contribution in [-0.2, 0) is 21.1 Å². The molecular formula is C32H21N4OPt-. The fourth-order valence-electron chi connectivity index (χ4n) is 4.93. The summed E-state index contributed by atoms with van der Waals surface area (Å²) >= 11 is 0. The van der Waals surface area contributed by atoms with Crippen LogP contribution in [0.2, 0.25) is 0 Å². The number of phenolic OH excluding ortho intramolecular Hbond substituents is 1. The molecule has 38 heavy (non-hydrogen) atoms. The zero-order valence-electron chi connectivity index (χ0n) is 20.1. The van der Waals surface area contributed by atoms with Gasteiger partial charge in [-0.05, 0) is 59.5 Å². The SMILES string of the molecule is Oc1cccc2ccc(-c3[c-]c4c(cc3)N(c3ccccc3)c3ccccc3N4c3ccccn3)nc12.[Pt]. The van der Waals surface area contributed by atoms with Crippen molar-refractivity contribution in [3.05, 3.63) is 128 Å². The summed E-state index contributed by atoms with van der Waals surface area (Å²) in [6, 6.07) is 41.8. The summed E-state index contributed by atoms with van der Waals surface area (Å²) in [7, 11) is 0. The Morgan fingerprint density at radius 3 is 2.18 bits per heavy atom. The summed E-state index contributed by atoms with van der Waals surface area (Å²) in [5.41, 5.74) is 7.13. The van der Waals surface area contributed by atoms with E-state index in [9.17, 15) is 5.11 Å². The second kappa shape index (κ2) is 9.77. The molecule has 0 unspecified atom stereocenters. The molecular weight excluding hydrogens is 651 g/mol. The van der Waals surface area contributed by atoms with Crippen LogP contribution in [0.1, 0.15) is 0 Å². The molecule has 1 N–H and O–H groups in total. The monoisotopic (exact) mass is 672 g/mol. The van der Waals surface area contributed by atoms with Crippen LogP contribution in [0.5, 0.6) is 5.75 Å². The molecule has 0 radical (unpaired) electrons. The van der Waals surface area contributed by atoms with Crippen LogP contribution in [0, 0.1) is 6.07 Å². The number of anilines is 6. The Morgan fingerprint density at radius 1 is 0.632 bits per heavy atom. The third kappa shape index (κ3) is 3.92. The molecule has 5 nitrogen and oxygen atoms in total. The number of nitrogens with zero attached hydrogens (tertiary/aromatic N) is 4. The number of aromatic hydroxyl groups is 1. The first-order chi connectivity index (χ1) is 18.3. The average molecular weight is 673 g/mol. The number of rotatable bonds is 3. The summed E-state index contributed by atoms with van der Waals surface area (Å²) in [4.78, 5) is 13.9. The first-order valence-electron chi connectivity index (χ1n) is 12.1. The van der Waals surface area contributed by atoms with Crippen LogP contribution in [0.3, 0.4) is 0 Å². The van der Waals surface area contributed by atoms with Crippen LogP contribution < -0.4 is 9.80 Å². The van der Waals surface area contributed by atoms with E-state index in [1.807, 2.05) is 72.8 Å². The molecule has 0 spiro atoms. The van der Waals surface area contributed by atoms with Crippen LogP contribution in [0.15, 0.2) is 121 Å². The normalized spacial score (nSPS) is 12.0. The standard InChI is InChI=1S/C32H21N4O.Pt/c37-30-14-8-9-22-16-18-25(34-32(22)30)23-17-19-28-29(21-23)36(31-15-6-7-20-33-31)27-13-5-4-12-26(27)35(28)24-10-2-1-3-11-24;/h1-20,37H;/q-1;. The Kier molecular flexibility index (Phi) is 6.14. The maximum absolute atomic E-state index is 10.4. The largest absolute Gasteiger partial charge is 0.506 e. The van der Waals surface area contributed by atoms with E-state index in [-0.39, 0.29) is 26.8 Å². The van der Waals surface area contributed by atoms with Gasteiger partial charge < -0.3 is 14.9 Å². The van der Waals surface area contributed by atoms with Gasteiger partial charge in [0.05, 0.1) is 11.4 Å². The summed E-state index contributed by atoms with van der Waals surface area (Å²) in [6.07, 6.45) is 1.80. The van der Waals surface area contributed by atoms with Gasteiger partial charge >= 0.3 is 0 Å². The van der Waals surface area contributed by atoms with Crippen molar-refractivity contribution in [3.63, 3.8) is 0 Å².